The molecule has 1 saturated heterocycles. The van der Waals surface area contributed by atoms with Crippen molar-refractivity contribution in [1.29, 1.82) is 0 Å². The molecule has 0 aliphatic carbocycles. The van der Waals surface area contributed by atoms with Gasteiger partial charge in [-0.05, 0) is 43.7 Å². The third-order valence-electron chi connectivity index (χ3n) is 4.03. The van der Waals surface area contributed by atoms with E-state index in [4.69, 9.17) is 0 Å². The minimum absolute atomic E-state index is 0.0753. The predicted octanol–water partition coefficient (Wildman–Crippen LogP) is 1.01. The number of rotatable bonds is 3. The maximum atomic E-state index is 12.6. The Balaban J connectivity index is 1.83. The summed E-state index contributed by atoms with van der Waals surface area (Å²) in [5, 5.41) is 7.39. The van der Waals surface area contributed by atoms with Crippen molar-refractivity contribution in [1.82, 2.24) is 25.0 Å². The van der Waals surface area contributed by atoms with Gasteiger partial charge in [-0.15, -0.1) is 0 Å². The van der Waals surface area contributed by atoms with Crippen LogP contribution in [0.1, 0.15) is 22.3 Å². The van der Waals surface area contributed by atoms with E-state index in [0.29, 0.717) is 0 Å². The van der Waals surface area contributed by atoms with Crippen LogP contribution in [0.4, 0.5) is 0 Å². The second-order valence-electron chi connectivity index (χ2n) is 5.40. The quantitative estimate of drug-likeness (QED) is 0.914. The number of hydrogen-bond donors (Lipinski definition) is 1. The van der Waals surface area contributed by atoms with Gasteiger partial charge in [-0.2, -0.15) is 5.10 Å². The number of amides is 1. The van der Waals surface area contributed by atoms with Crippen LogP contribution in [0, 0.1) is 6.92 Å². The van der Waals surface area contributed by atoms with Crippen molar-refractivity contribution in [2.45, 2.75) is 19.4 Å². The summed E-state index contributed by atoms with van der Waals surface area (Å²) in [5.41, 5.74) is 2.60. The molecule has 1 atom stereocenters. The minimum Gasteiger partial charge on any atom is -0.337 e. The van der Waals surface area contributed by atoms with Crippen molar-refractivity contribution in [2.75, 3.05) is 20.1 Å². The first kappa shape index (κ1) is 13.8. The molecule has 110 valence electrons. The molecule has 0 bridgehead atoms. The van der Waals surface area contributed by atoms with Gasteiger partial charge >= 0.3 is 0 Å². The van der Waals surface area contributed by atoms with E-state index in [1.165, 1.54) is 6.33 Å². The van der Waals surface area contributed by atoms with Crippen LogP contribution in [0.3, 0.4) is 0 Å². The first-order valence-corrected chi connectivity index (χ1v) is 7.10. The highest BCUT2D eigenvalue weighted by Gasteiger charge is 2.24. The van der Waals surface area contributed by atoms with Crippen molar-refractivity contribution in [3.63, 3.8) is 0 Å². The molecule has 21 heavy (non-hydrogen) atoms. The lowest BCUT2D eigenvalue weighted by Gasteiger charge is -2.24. The zero-order chi connectivity index (χ0) is 14.8. The number of hydrogen-bond acceptors (Lipinski definition) is 4. The molecule has 0 unspecified atom stereocenters. The molecule has 1 aromatic heterocycles. The van der Waals surface area contributed by atoms with Crippen LogP contribution in [0.15, 0.2) is 30.9 Å². The van der Waals surface area contributed by atoms with Crippen LogP contribution in [-0.4, -0.2) is 51.8 Å². The molecular weight excluding hydrogens is 266 g/mol. The maximum Gasteiger partial charge on any atom is 0.254 e. The summed E-state index contributed by atoms with van der Waals surface area (Å²) in [7, 11) is 1.88. The monoisotopic (exact) mass is 285 g/mol. The number of aryl methyl sites for hydroxylation is 1. The van der Waals surface area contributed by atoms with Gasteiger partial charge in [0.05, 0.1) is 5.69 Å². The lowest BCUT2D eigenvalue weighted by atomic mass is 10.1. The van der Waals surface area contributed by atoms with Gasteiger partial charge in [-0.1, -0.05) is 0 Å². The molecule has 1 amide bonds. The molecule has 2 aromatic rings. The van der Waals surface area contributed by atoms with E-state index in [9.17, 15) is 4.79 Å². The molecule has 1 fully saturated rings. The molecule has 3 rings (SSSR count). The van der Waals surface area contributed by atoms with Gasteiger partial charge in [0.2, 0.25) is 0 Å². The van der Waals surface area contributed by atoms with Crippen LogP contribution >= 0.6 is 0 Å². The lowest BCUT2D eigenvalue weighted by molar-refractivity contribution is 0.0743. The first-order chi connectivity index (χ1) is 10.2. The summed E-state index contributed by atoms with van der Waals surface area (Å²) in [6, 6.07) is 6.01. The highest BCUT2D eigenvalue weighted by atomic mass is 16.2. The molecule has 0 saturated carbocycles. The molecule has 0 spiro atoms. The van der Waals surface area contributed by atoms with Crippen LogP contribution < -0.4 is 5.32 Å². The zero-order valence-electron chi connectivity index (χ0n) is 12.3. The van der Waals surface area contributed by atoms with Crippen molar-refractivity contribution < 1.29 is 4.79 Å². The van der Waals surface area contributed by atoms with Gasteiger partial charge in [0.25, 0.3) is 5.91 Å². The van der Waals surface area contributed by atoms with E-state index in [1.54, 1.807) is 11.0 Å². The van der Waals surface area contributed by atoms with Crippen molar-refractivity contribution in [3.8, 4) is 5.69 Å². The Hall–Kier alpha value is -2.21. The Morgan fingerprint density at radius 3 is 2.95 bits per heavy atom. The van der Waals surface area contributed by atoms with E-state index in [0.717, 1.165) is 36.3 Å². The van der Waals surface area contributed by atoms with E-state index >= 15 is 0 Å². The van der Waals surface area contributed by atoms with Crippen molar-refractivity contribution in [2.24, 2.45) is 0 Å². The number of nitrogens with one attached hydrogen (secondary N) is 1. The van der Waals surface area contributed by atoms with E-state index in [-0.39, 0.29) is 11.9 Å². The smallest absolute Gasteiger partial charge is 0.254 e. The third kappa shape index (κ3) is 2.67. The average molecular weight is 285 g/mol. The third-order valence-corrected chi connectivity index (χ3v) is 4.03. The van der Waals surface area contributed by atoms with Gasteiger partial charge in [0, 0.05) is 25.2 Å². The highest BCUT2D eigenvalue weighted by Crippen LogP contribution is 2.17. The second-order valence-corrected chi connectivity index (χ2v) is 5.40. The van der Waals surface area contributed by atoms with Gasteiger partial charge in [-0.3, -0.25) is 4.79 Å². The normalized spacial score (nSPS) is 17.9. The van der Waals surface area contributed by atoms with Crippen LogP contribution in [0.25, 0.3) is 5.69 Å². The molecule has 2 heterocycles. The molecule has 6 nitrogen and oxygen atoms in total. The Morgan fingerprint density at radius 2 is 2.33 bits per heavy atom. The fourth-order valence-electron chi connectivity index (χ4n) is 2.70. The molecule has 1 N–H and O–H groups in total. The number of carbonyl (C=O) groups excluding carboxylic acids is 1. The minimum atomic E-state index is 0.0753. The van der Waals surface area contributed by atoms with Crippen molar-refractivity contribution >= 4 is 5.91 Å². The van der Waals surface area contributed by atoms with Gasteiger partial charge in [-0.25, -0.2) is 9.67 Å². The number of carbonyl (C=O) groups is 1. The van der Waals surface area contributed by atoms with Crippen LogP contribution in [-0.2, 0) is 0 Å². The molecule has 1 aliphatic heterocycles. The Morgan fingerprint density at radius 1 is 1.48 bits per heavy atom. The zero-order valence-corrected chi connectivity index (χ0v) is 12.3. The highest BCUT2D eigenvalue weighted by molar-refractivity contribution is 5.96. The fourth-order valence-corrected chi connectivity index (χ4v) is 2.70. The fraction of sp³-hybridized carbons (Fsp3) is 0.400. The largest absolute Gasteiger partial charge is 0.337 e. The lowest BCUT2D eigenvalue weighted by Crippen LogP contribution is -2.38. The number of nitrogens with zero attached hydrogens (tertiary/aromatic N) is 4. The Labute approximate surface area is 123 Å². The standard InChI is InChI=1S/C15H19N5O/c1-11-7-12(20-10-17-9-18-20)3-4-14(11)15(21)19(2)13-5-6-16-8-13/h3-4,7,9-10,13,16H,5-6,8H2,1-2H3/t13-/m1/s1. The summed E-state index contributed by atoms with van der Waals surface area (Å²) >= 11 is 0. The Kier molecular flexibility index (Phi) is 3.70. The predicted molar refractivity (Wildman–Crippen MR) is 79.5 cm³/mol. The summed E-state index contributed by atoms with van der Waals surface area (Å²) in [6.07, 6.45) is 4.15. The molecule has 1 aromatic carbocycles. The van der Waals surface area contributed by atoms with Gasteiger partial charge in [0.15, 0.2) is 0 Å². The number of aromatic nitrogens is 3. The summed E-state index contributed by atoms with van der Waals surface area (Å²) in [5.74, 6) is 0.0753. The first-order valence-electron chi connectivity index (χ1n) is 7.10. The SMILES string of the molecule is Cc1cc(-n2cncn2)ccc1C(=O)N(C)[C@@H]1CCNC1. The van der Waals surface area contributed by atoms with Crippen LogP contribution in [0.2, 0.25) is 0 Å². The maximum absolute atomic E-state index is 12.6. The number of benzene rings is 1. The van der Waals surface area contributed by atoms with E-state index < -0.39 is 0 Å². The second kappa shape index (κ2) is 5.65. The summed E-state index contributed by atoms with van der Waals surface area (Å²) in [4.78, 5) is 18.4. The van der Waals surface area contributed by atoms with Crippen LogP contribution in [0.5, 0.6) is 0 Å². The molecular formula is C15H19N5O. The van der Waals surface area contributed by atoms with Gasteiger partial charge in [0.1, 0.15) is 12.7 Å². The van der Waals surface area contributed by atoms with E-state index in [1.807, 2.05) is 37.1 Å². The molecule has 0 radical (unpaired) electrons. The summed E-state index contributed by atoms with van der Waals surface area (Å²) < 4.78 is 1.69. The number of likely N-dealkylation sites (N-methyl/N-ethyl adjacent to an activating group) is 1. The topological polar surface area (TPSA) is 63.1 Å². The summed E-state index contributed by atoms with van der Waals surface area (Å²) in [6.45, 7) is 3.80. The van der Waals surface area contributed by atoms with E-state index in [2.05, 4.69) is 15.4 Å². The van der Waals surface area contributed by atoms with Gasteiger partial charge < -0.3 is 10.2 Å². The molecule has 1 aliphatic rings. The average Bonchev–Trinajstić information content (AvgIpc) is 3.18. The Bertz CT molecular complexity index is 632. The van der Waals surface area contributed by atoms with Crippen molar-refractivity contribution in [3.05, 3.63) is 42.0 Å². The molecule has 6 heteroatoms.